The Labute approximate surface area is 169 Å². The quantitative estimate of drug-likeness (QED) is 0.562. The van der Waals surface area contributed by atoms with Gasteiger partial charge in [0.25, 0.3) is 11.8 Å². The number of nitrogens with one attached hydrogen (secondary N) is 2. The fraction of sp³-hybridized carbons (Fsp3) is 0.524. The van der Waals surface area contributed by atoms with Crippen LogP contribution in [0.25, 0.3) is 0 Å². The zero-order chi connectivity index (χ0) is 21.0. The van der Waals surface area contributed by atoms with Crippen LogP contribution >= 0.6 is 0 Å². The molecule has 4 amide bonds. The number of rotatable bonds is 6. The Hall–Kier alpha value is -2.90. The van der Waals surface area contributed by atoms with Crippen molar-refractivity contribution in [2.75, 3.05) is 6.61 Å². The molecule has 1 saturated carbocycles. The zero-order valence-corrected chi connectivity index (χ0v) is 16.8. The molecule has 2 aliphatic rings. The predicted molar refractivity (Wildman–Crippen MR) is 105 cm³/mol. The number of hydrogen-bond donors (Lipinski definition) is 2. The van der Waals surface area contributed by atoms with Crippen LogP contribution in [0.4, 0.5) is 4.79 Å². The van der Waals surface area contributed by atoms with Crippen LogP contribution < -0.4 is 10.7 Å². The van der Waals surface area contributed by atoms with Gasteiger partial charge in [0.2, 0.25) is 0 Å². The van der Waals surface area contributed by atoms with E-state index in [0.717, 1.165) is 31.2 Å². The third-order valence-electron chi connectivity index (χ3n) is 5.27. The van der Waals surface area contributed by atoms with Crippen molar-refractivity contribution in [2.45, 2.75) is 57.9 Å². The van der Waals surface area contributed by atoms with Gasteiger partial charge in [-0.25, -0.2) is 9.59 Å². The van der Waals surface area contributed by atoms with Crippen molar-refractivity contribution in [3.63, 3.8) is 0 Å². The number of nitrogens with zero attached hydrogens (tertiary/aromatic N) is 1. The lowest BCUT2D eigenvalue weighted by atomic mass is 9.82. The lowest BCUT2D eigenvalue weighted by molar-refractivity contribution is -0.140. The lowest BCUT2D eigenvalue weighted by Gasteiger charge is -2.30. The van der Waals surface area contributed by atoms with Crippen LogP contribution in [-0.4, -0.2) is 41.0 Å². The highest BCUT2D eigenvalue weighted by atomic mass is 16.5. The second kappa shape index (κ2) is 8.63. The number of hydrazine groups is 1. The van der Waals surface area contributed by atoms with Crippen LogP contribution in [0, 0.1) is 5.92 Å². The fourth-order valence-corrected chi connectivity index (χ4v) is 3.84. The van der Waals surface area contributed by atoms with Gasteiger partial charge in [-0.15, -0.1) is 0 Å². The number of urea groups is 1. The van der Waals surface area contributed by atoms with E-state index >= 15 is 0 Å². The molecule has 0 aromatic heterocycles. The van der Waals surface area contributed by atoms with Gasteiger partial charge < -0.3 is 10.1 Å². The van der Waals surface area contributed by atoms with E-state index in [9.17, 15) is 19.2 Å². The topological polar surface area (TPSA) is 105 Å². The number of ether oxygens (including phenoxy) is 1. The smallest absolute Gasteiger partial charge is 0.344 e. The first-order chi connectivity index (χ1) is 13.8. The summed E-state index contributed by atoms with van der Waals surface area (Å²) in [6.07, 6.45) is 4.75. The average Bonchev–Trinajstić information content (AvgIpc) is 2.90. The lowest BCUT2D eigenvalue weighted by Crippen LogP contribution is -2.51. The Bertz CT molecular complexity index is 797. The number of benzene rings is 1. The number of hydrogen-bond acceptors (Lipinski definition) is 5. The normalized spacial score (nSPS) is 18.1. The van der Waals surface area contributed by atoms with Crippen molar-refractivity contribution < 1.29 is 23.9 Å². The van der Waals surface area contributed by atoms with E-state index < -0.39 is 36.0 Å². The molecule has 156 valence electrons. The summed E-state index contributed by atoms with van der Waals surface area (Å²) in [5.41, 5.74) is 2.77. The van der Waals surface area contributed by atoms with E-state index in [1.807, 2.05) is 12.1 Å². The Kier molecular flexibility index (Phi) is 6.20. The highest BCUT2D eigenvalue weighted by molar-refractivity contribution is 6.08. The number of imide groups is 1. The van der Waals surface area contributed by atoms with Gasteiger partial charge in [0.15, 0.2) is 6.61 Å². The molecular formula is C21H27N3O5. The number of esters is 1. The molecule has 1 heterocycles. The Morgan fingerprint density at radius 1 is 1.14 bits per heavy atom. The Morgan fingerprint density at radius 3 is 2.41 bits per heavy atom. The molecule has 2 N–H and O–H groups in total. The minimum Gasteiger partial charge on any atom is -0.452 e. The van der Waals surface area contributed by atoms with Gasteiger partial charge >= 0.3 is 12.0 Å². The van der Waals surface area contributed by atoms with E-state index in [1.54, 1.807) is 12.1 Å². The number of carbonyl (C=O) groups excluding carboxylic acids is 4. The van der Waals surface area contributed by atoms with Crippen LogP contribution in [0.2, 0.25) is 0 Å². The first-order valence-electron chi connectivity index (χ1n) is 10.0. The predicted octanol–water partition coefficient (Wildman–Crippen LogP) is 2.33. The third-order valence-corrected chi connectivity index (χ3v) is 5.27. The van der Waals surface area contributed by atoms with Crippen molar-refractivity contribution in [2.24, 2.45) is 5.92 Å². The molecular weight excluding hydrogens is 374 g/mol. The molecule has 0 radical (unpaired) electrons. The summed E-state index contributed by atoms with van der Waals surface area (Å²) in [7, 11) is 0. The van der Waals surface area contributed by atoms with E-state index in [2.05, 4.69) is 24.6 Å². The van der Waals surface area contributed by atoms with Crippen LogP contribution in [-0.2, 0) is 20.7 Å². The van der Waals surface area contributed by atoms with Gasteiger partial charge in [-0.1, -0.05) is 45.2 Å². The summed E-state index contributed by atoms with van der Waals surface area (Å²) in [6.45, 7) is 3.64. The molecule has 0 unspecified atom stereocenters. The molecule has 1 aliphatic heterocycles. The highest BCUT2D eigenvalue weighted by Gasteiger charge is 2.52. The fourth-order valence-electron chi connectivity index (χ4n) is 3.84. The van der Waals surface area contributed by atoms with Crippen molar-refractivity contribution in [3.8, 4) is 0 Å². The van der Waals surface area contributed by atoms with Crippen molar-refractivity contribution >= 4 is 23.8 Å². The average molecular weight is 401 g/mol. The van der Waals surface area contributed by atoms with Crippen molar-refractivity contribution in [3.05, 3.63) is 35.4 Å². The maximum atomic E-state index is 12.6. The summed E-state index contributed by atoms with van der Waals surface area (Å²) in [4.78, 5) is 49.0. The second-order valence-corrected chi connectivity index (χ2v) is 8.12. The van der Waals surface area contributed by atoms with Gasteiger partial charge in [-0.05, 0) is 42.9 Å². The zero-order valence-electron chi connectivity index (χ0n) is 16.8. The van der Waals surface area contributed by atoms with Gasteiger partial charge in [-0.3, -0.25) is 15.0 Å². The molecule has 1 aromatic rings. The van der Waals surface area contributed by atoms with Crippen molar-refractivity contribution in [1.29, 1.82) is 0 Å². The Balaban J connectivity index is 1.51. The van der Waals surface area contributed by atoms with E-state index in [-0.39, 0.29) is 0 Å². The second-order valence-electron chi connectivity index (χ2n) is 8.12. The van der Waals surface area contributed by atoms with Gasteiger partial charge in [0.1, 0.15) is 5.54 Å². The molecule has 1 saturated heterocycles. The van der Waals surface area contributed by atoms with Gasteiger partial charge in [-0.2, -0.15) is 5.01 Å². The maximum Gasteiger partial charge on any atom is 0.344 e. The minimum absolute atomic E-state index is 0.335. The monoisotopic (exact) mass is 401 g/mol. The summed E-state index contributed by atoms with van der Waals surface area (Å²) in [5.74, 6) is -1.33. The van der Waals surface area contributed by atoms with Crippen LogP contribution in [0.1, 0.15) is 61.9 Å². The highest BCUT2D eigenvalue weighted by Crippen LogP contribution is 2.32. The maximum absolute atomic E-state index is 12.6. The molecule has 0 bridgehead atoms. The summed E-state index contributed by atoms with van der Waals surface area (Å²) >= 11 is 0. The molecule has 1 aliphatic carbocycles. The summed E-state index contributed by atoms with van der Waals surface area (Å²) in [6, 6.07) is 6.36. The number of amides is 4. The molecule has 1 spiro atoms. The molecule has 8 nitrogen and oxygen atoms in total. The SMILES string of the molecule is CC(C)Cc1ccc(C(=O)OCC(=O)NN2C(=O)NC3(CCCCC3)C2=O)cc1. The molecule has 1 aromatic carbocycles. The standard InChI is InChI=1S/C21H27N3O5/c1-14(2)12-15-6-8-16(9-7-15)18(26)29-13-17(25)23-24-19(27)21(22-20(24)28)10-4-3-5-11-21/h6-9,14H,3-5,10-13H2,1-2H3,(H,22,28)(H,23,25). The molecule has 8 heteroatoms. The van der Waals surface area contributed by atoms with Crippen LogP contribution in [0.15, 0.2) is 24.3 Å². The van der Waals surface area contributed by atoms with Crippen LogP contribution in [0.3, 0.4) is 0 Å². The van der Waals surface area contributed by atoms with Crippen LogP contribution in [0.5, 0.6) is 0 Å². The summed E-state index contributed by atoms with van der Waals surface area (Å²) in [5, 5.41) is 3.40. The number of carbonyl (C=O) groups is 4. The van der Waals surface area contributed by atoms with E-state index in [0.29, 0.717) is 29.3 Å². The van der Waals surface area contributed by atoms with E-state index in [1.165, 1.54) is 0 Å². The summed E-state index contributed by atoms with van der Waals surface area (Å²) < 4.78 is 5.01. The van der Waals surface area contributed by atoms with Gasteiger partial charge in [0, 0.05) is 0 Å². The molecule has 2 fully saturated rings. The van der Waals surface area contributed by atoms with Crippen molar-refractivity contribution in [1.82, 2.24) is 15.8 Å². The Morgan fingerprint density at radius 2 is 1.79 bits per heavy atom. The molecule has 29 heavy (non-hydrogen) atoms. The first kappa shape index (κ1) is 20.8. The first-order valence-corrected chi connectivity index (χ1v) is 10.0. The third kappa shape index (κ3) is 4.75. The molecule has 3 rings (SSSR count). The molecule has 0 atom stereocenters. The largest absolute Gasteiger partial charge is 0.452 e. The van der Waals surface area contributed by atoms with E-state index in [4.69, 9.17) is 4.74 Å². The van der Waals surface area contributed by atoms with Gasteiger partial charge in [0.05, 0.1) is 5.56 Å². The minimum atomic E-state index is -0.920.